The van der Waals surface area contributed by atoms with Gasteiger partial charge in [-0.15, -0.1) is 0 Å². The van der Waals surface area contributed by atoms with Crippen LogP contribution in [-0.2, 0) is 15.3 Å². The molecule has 102 valence electrons. The Morgan fingerprint density at radius 1 is 1.26 bits per heavy atom. The summed E-state index contributed by atoms with van der Waals surface area (Å²) in [4.78, 5) is 31.6. The molecule has 0 heterocycles. The molecule has 0 saturated heterocycles. The van der Waals surface area contributed by atoms with Gasteiger partial charge in [0.25, 0.3) is 0 Å². The Labute approximate surface area is 113 Å². The van der Waals surface area contributed by atoms with Crippen LogP contribution in [0.15, 0.2) is 24.3 Å². The number of carbonyl (C=O) groups excluding carboxylic acids is 1. The first kappa shape index (κ1) is 15.0. The molecule has 1 rings (SSSR count). The van der Waals surface area contributed by atoms with E-state index in [9.17, 15) is 14.4 Å². The van der Waals surface area contributed by atoms with E-state index in [0.717, 1.165) is 5.56 Å². The van der Waals surface area contributed by atoms with Crippen LogP contribution in [0, 0.1) is 0 Å². The number of hydrogen-bond donors (Lipinski definition) is 3. The lowest BCUT2D eigenvalue weighted by atomic mass is 10.1. The summed E-state index contributed by atoms with van der Waals surface area (Å²) < 4.78 is 0. The van der Waals surface area contributed by atoms with Crippen LogP contribution in [0.1, 0.15) is 15.9 Å². The second-order valence-corrected chi connectivity index (χ2v) is 4.72. The standard InChI is InChI=1S/C12H13NO5S/c14-7-13-10(12(17)18)6-19-5-8-1-3-9(4-2-8)11(15)16/h1-4,7,10H,5-6H2,(H,13,14)(H,15,16)(H,17,18). The SMILES string of the molecule is O=CNC(CSCc1ccc(C(=O)O)cc1)C(=O)O. The van der Waals surface area contributed by atoms with Crippen LogP contribution in [0.2, 0.25) is 0 Å². The number of nitrogens with one attached hydrogen (secondary N) is 1. The van der Waals surface area contributed by atoms with Crippen molar-refractivity contribution < 1.29 is 24.6 Å². The van der Waals surface area contributed by atoms with Gasteiger partial charge in [0.15, 0.2) is 0 Å². The van der Waals surface area contributed by atoms with Gasteiger partial charge in [-0.05, 0) is 17.7 Å². The highest BCUT2D eigenvalue weighted by Gasteiger charge is 2.15. The van der Waals surface area contributed by atoms with Gasteiger partial charge in [0.2, 0.25) is 6.41 Å². The van der Waals surface area contributed by atoms with Crippen LogP contribution in [-0.4, -0.2) is 40.4 Å². The number of carboxylic acids is 2. The molecule has 0 aliphatic carbocycles. The molecule has 1 unspecified atom stereocenters. The van der Waals surface area contributed by atoms with Gasteiger partial charge in [0, 0.05) is 11.5 Å². The van der Waals surface area contributed by atoms with Gasteiger partial charge >= 0.3 is 11.9 Å². The zero-order valence-electron chi connectivity index (χ0n) is 9.91. The Morgan fingerprint density at radius 3 is 2.37 bits per heavy atom. The average molecular weight is 283 g/mol. The van der Waals surface area contributed by atoms with Crippen molar-refractivity contribution in [2.24, 2.45) is 0 Å². The summed E-state index contributed by atoms with van der Waals surface area (Å²) in [7, 11) is 0. The lowest BCUT2D eigenvalue weighted by molar-refractivity contribution is -0.139. The van der Waals surface area contributed by atoms with Gasteiger partial charge < -0.3 is 15.5 Å². The zero-order valence-corrected chi connectivity index (χ0v) is 10.7. The monoisotopic (exact) mass is 283 g/mol. The van der Waals surface area contributed by atoms with Gasteiger partial charge in [0.1, 0.15) is 6.04 Å². The molecule has 0 spiro atoms. The number of carboxylic acid groups (broad SMARTS) is 2. The smallest absolute Gasteiger partial charge is 0.335 e. The van der Waals surface area contributed by atoms with E-state index in [-0.39, 0.29) is 11.3 Å². The third-order valence-corrected chi connectivity index (χ3v) is 3.43. The molecule has 1 aromatic carbocycles. The maximum absolute atomic E-state index is 10.8. The fraction of sp³-hybridized carbons (Fsp3) is 0.250. The first-order valence-corrected chi connectivity index (χ1v) is 6.52. The van der Waals surface area contributed by atoms with Crippen molar-refractivity contribution >= 4 is 30.1 Å². The highest BCUT2D eigenvalue weighted by molar-refractivity contribution is 7.98. The number of hydrogen-bond acceptors (Lipinski definition) is 4. The van der Waals surface area contributed by atoms with Crippen molar-refractivity contribution in [2.75, 3.05) is 5.75 Å². The Hall–Kier alpha value is -2.02. The normalized spacial score (nSPS) is 11.6. The molecule has 0 saturated carbocycles. The van der Waals surface area contributed by atoms with Gasteiger partial charge in [-0.2, -0.15) is 11.8 Å². The molecule has 0 aliphatic heterocycles. The lowest BCUT2D eigenvalue weighted by Gasteiger charge is -2.10. The second kappa shape index (κ2) is 7.42. The minimum atomic E-state index is -1.08. The summed E-state index contributed by atoms with van der Waals surface area (Å²) >= 11 is 1.35. The van der Waals surface area contributed by atoms with E-state index in [1.54, 1.807) is 12.1 Å². The van der Waals surface area contributed by atoms with E-state index in [2.05, 4.69) is 5.32 Å². The van der Waals surface area contributed by atoms with E-state index >= 15 is 0 Å². The van der Waals surface area contributed by atoms with Gasteiger partial charge in [0.05, 0.1) is 5.56 Å². The predicted molar refractivity (Wildman–Crippen MR) is 70.2 cm³/mol. The number of thioether (sulfide) groups is 1. The van der Waals surface area contributed by atoms with Gasteiger partial charge in [-0.1, -0.05) is 12.1 Å². The van der Waals surface area contributed by atoms with Crippen molar-refractivity contribution in [2.45, 2.75) is 11.8 Å². The van der Waals surface area contributed by atoms with Crippen LogP contribution in [0.3, 0.4) is 0 Å². The lowest BCUT2D eigenvalue weighted by Crippen LogP contribution is -2.37. The number of benzene rings is 1. The molecular formula is C12H13NO5S. The molecule has 0 fully saturated rings. The predicted octanol–water partition coefficient (Wildman–Crippen LogP) is 0.817. The molecule has 0 aliphatic rings. The average Bonchev–Trinajstić information content (AvgIpc) is 2.38. The summed E-state index contributed by atoms with van der Waals surface area (Å²) in [5.74, 6) is -1.28. The van der Waals surface area contributed by atoms with Crippen LogP contribution in [0.4, 0.5) is 0 Å². The number of aromatic carboxylic acids is 1. The fourth-order valence-corrected chi connectivity index (χ4v) is 2.33. The largest absolute Gasteiger partial charge is 0.480 e. The molecular weight excluding hydrogens is 270 g/mol. The topological polar surface area (TPSA) is 104 Å². The van der Waals surface area contributed by atoms with Crippen molar-refractivity contribution in [3.63, 3.8) is 0 Å². The van der Waals surface area contributed by atoms with Crippen molar-refractivity contribution in [3.05, 3.63) is 35.4 Å². The fourth-order valence-electron chi connectivity index (χ4n) is 1.31. The number of aliphatic carboxylic acids is 1. The molecule has 1 aromatic rings. The summed E-state index contributed by atoms with van der Waals surface area (Å²) in [5, 5.41) is 19.7. The molecule has 1 amide bonds. The summed E-state index contributed by atoms with van der Waals surface area (Å²) in [6.07, 6.45) is 0.362. The Bertz CT molecular complexity index is 460. The highest BCUT2D eigenvalue weighted by Crippen LogP contribution is 2.14. The summed E-state index contributed by atoms with van der Waals surface area (Å²) in [5.41, 5.74) is 1.10. The van der Waals surface area contributed by atoms with Crippen molar-refractivity contribution in [1.29, 1.82) is 0 Å². The molecule has 3 N–H and O–H groups in total. The van der Waals surface area contributed by atoms with Crippen LogP contribution in [0.5, 0.6) is 0 Å². The number of carbonyl (C=O) groups is 3. The van der Waals surface area contributed by atoms with Crippen LogP contribution in [0.25, 0.3) is 0 Å². The first-order valence-electron chi connectivity index (χ1n) is 5.37. The molecule has 0 radical (unpaired) electrons. The molecule has 1 atom stereocenters. The molecule has 7 heteroatoms. The summed E-state index contributed by atoms with van der Waals surface area (Å²) in [6, 6.07) is 5.44. The maximum Gasteiger partial charge on any atom is 0.335 e. The van der Waals surface area contributed by atoms with E-state index in [4.69, 9.17) is 10.2 Å². The third kappa shape index (κ3) is 5.01. The maximum atomic E-state index is 10.8. The van der Waals surface area contributed by atoms with E-state index in [1.807, 2.05) is 0 Å². The Morgan fingerprint density at radius 2 is 1.89 bits per heavy atom. The minimum absolute atomic E-state index is 0.208. The van der Waals surface area contributed by atoms with E-state index in [1.165, 1.54) is 23.9 Å². The van der Waals surface area contributed by atoms with Gasteiger partial charge in [-0.25, -0.2) is 9.59 Å². The minimum Gasteiger partial charge on any atom is -0.480 e. The van der Waals surface area contributed by atoms with E-state index < -0.39 is 18.0 Å². The van der Waals surface area contributed by atoms with Crippen molar-refractivity contribution in [3.8, 4) is 0 Å². The molecule has 6 nitrogen and oxygen atoms in total. The third-order valence-electron chi connectivity index (χ3n) is 2.32. The van der Waals surface area contributed by atoms with Crippen LogP contribution < -0.4 is 5.32 Å². The Balaban J connectivity index is 2.46. The van der Waals surface area contributed by atoms with Crippen LogP contribution >= 0.6 is 11.8 Å². The Kier molecular flexibility index (Phi) is 5.87. The number of rotatable bonds is 8. The van der Waals surface area contributed by atoms with Gasteiger partial charge in [-0.3, -0.25) is 4.79 Å². The van der Waals surface area contributed by atoms with Crippen molar-refractivity contribution in [1.82, 2.24) is 5.32 Å². The second-order valence-electron chi connectivity index (χ2n) is 3.69. The summed E-state index contributed by atoms with van der Waals surface area (Å²) in [6.45, 7) is 0. The first-order chi connectivity index (χ1) is 9.04. The molecule has 0 bridgehead atoms. The molecule has 0 aromatic heterocycles. The van der Waals surface area contributed by atoms with E-state index in [0.29, 0.717) is 12.2 Å². The quantitative estimate of drug-likeness (QED) is 0.610. The highest BCUT2D eigenvalue weighted by atomic mass is 32.2. The zero-order chi connectivity index (χ0) is 14.3. The molecule has 19 heavy (non-hydrogen) atoms. The number of amides is 1.